The smallest absolute Gasteiger partial charge is 0.239 e. The zero-order chi connectivity index (χ0) is 14.5. The Bertz CT molecular complexity index is 459. The molecule has 110 valence electrons. The van der Waals surface area contributed by atoms with Gasteiger partial charge in [-0.3, -0.25) is 14.5 Å². The highest BCUT2D eigenvalue weighted by Gasteiger charge is 2.32. The summed E-state index contributed by atoms with van der Waals surface area (Å²) in [6, 6.07) is 3.83. The zero-order valence-corrected chi connectivity index (χ0v) is 12.8. The molecule has 1 aliphatic rings. The predicted octanol–water partition coefficient (Wildman–Crippen LogP) is 0.917. The van der Waals surface area contributed by atoms with Crippen LogP contribution in [0.15, 0.2) is 17.5 Å². The lowest BCUT2D eigenvalue weighted by atomic mass is 10.2. The van der Waals surface area contributed by atoms with Gasteiger partial charge in [-0.15, -0.1) is 11.3 Å². The van der Waals surface area contributed by atoms with E-state index in [2.05, 4.69) is 5.32 Å². The maximum absolute atomic E-state index is 12.0. The normalized spacial score (nSPS) is 19.0. The van der Waals surface area contributed by atoms with Gasteiger partial charge in [0.15, 0.2) is 0 Å². The minimum absolute atomic E-state index is 0.0168. The Kier molecular flexibility index (Phi) is 5.14. The molecule has 2 amide bonds. The van der Waals surface area contributed by atoms with Crippen LogP contribution in [0.3, 0.4) is 0 Å². The Morgan fingerprint density at radius 1 is 1.50 bits per heavy atom. The lowest BCUT2D eigenvalue weighted by Gasteiger charge is -2.25. The quantitative estimate of drug-likeness (QED) is 0.879. The standard InChI is InChI=1S/C14H21N3O2S/c1-16(2)14(19)12-6-3-7-17(12)10-13(18)15-9-11-5-4-8-20-11/h4-5,8,12H,3,6-7,9-10H2,1-2H3,(H,15,18). The summed E-state index contributed by atoms with van der Waals surface area (Å²) in [5, 5.41) is 4.90. The van der Waals surface area contributed by atoms with Crippen molar-refractivity contribution >= 4 is 23.2 Å². The molecule has 1 saturated heterocycles. The molecule has 2 heterocycles. The lowest BCUT2D eigenvalue weighted by molar-refractivity contribution is -0.134. The fraction of sp³-hybridized carbons (Fsp3) is 0.571. The fourth-order valence-corrected chi connectivity index (χ4v) is 3.08. The van der Waals surface area contributed by atoms with E-state index >= 15 is 0 Å². The van der Waals surface area contributed by atoms with Crippen LogP contribution >= 0.6 is 11.3 Å². The third-order valence-corrected chi connectivity index (χ3v) is 4.35. The molecule has 1 aromatic heterocycles. The Hall–Kier alpha value is -1.40. The molecule has 0 radical (unpaired) electrons. The van der Waals surface area contributed by atoms with Gasteiger partial charge in [0, 0.05) is 19.0 Å². The molecule has 5 nitrogen and oxygen atoms in total. The third-order valence-electron chi connectivity index (χ3n) is 3.48. The van der Waals surface area contributed by atoms with Crippen LogP contribution in [0, 0.1) is 0 Å². The number of nitrogens with one attached hydrogen (secondary N) is 1. The van der Waals surface area contributed by atoms with E-state index in [1.807, 2.05) is 22.4 Å². The maximum atomic E-state index is 12.0. The Balaban J connectivity index is 1.82. The van der Waals surface area contributed by atoms with Crippen molar-refractivity contribution in [1.82, 2.24) is 15.1 Å². The van der Waals surface area contributed by atoms with Crippen LogP contribution in [0.2, 0.25) is 0 Å². The minimum Gasteiger partial charge on any atom is -0.350 e. The molecule has 20 heavy (non-hydrogen) atoms. The third kappa shape index (κ3) is 3.80. The van der Waals surface area contributed by atoms with Gasteiger partial charge in [-0.05, 0) is 30.8 Å². The van der Waals surface area contributed by atoms with Gasteiger partial charge in [-0.1, -0.05) is 6.07 Å². The number of nitrogens with zero attached hydrogens (tertiary/aromatic N) is 2. The summed E-state index contributed by atoms with van der Waals surface area (Å²) in [6.45, 7) is 1.68. The highest BCUT2D eigenvalue weighted by atomic mass is 32.1. The van der Waals surface area contributed by atoms with Crippen molar-refractivity contribution in [3.63, 3.8) is 0 Å². The SMILES string of the molecule is CN(C)C(=O)C1CCCN1CC(=O)NCc1cccs1. The molecule has 1 unspecified atom stereocenters. The number of carbonyl (C=O) groups is 2. The van der Waals surface area contributed by atoms with Crippen LogP contribution in [-0.2, 0) is 16.1 Å². The van der Waals surface area contributed by atoms with Gasteiger partial charge in [0.25, 0.3) is 0 Å². The average molecular weight is 295 g/mol. The van der Waals surface area contributed by atoms with Crippen molar-refractivity contribution in [2.75, 3.05) is 27.2 Å². The van der Waals surface area contributed by atoms with Crippen LogP contribution in [0.5, 0.6) is 0 Å². The van der Waals surface area contributed by atoms with Crippen molar-refractivity contribution in [3.8, 4) is 0 Å². The second-order valence-electron chi connectivity index (χ2n) is 5.22. The molecule has 2 rings (SSSR count). The molecule has 1 aromatic rings. The van der Waals surface area contributed by atoms with E-state index in [9.17, 15) is 9.59 Å². The first-order chi connectivity index (χ1) is 9.58. The number of amides is 2. The highest BCUT2D eigenvalue weighted by Crippen LogP contribution is 2.18. The first-order valence-electron chi connectivity index (χ1n) is 6.82. The van der Waals surface area contributed by atoms with E-state index in [1.54, 1.807) is 30.3 Å². The Morgan fingerprint density at radius 2 is 2.30 bits per heavy atom. The number of thiophene rings is 1. The number of carbonyl (C=O) groups excluding carboxylic acids is 2. The molecule has 0 bridgehead atoms. The van der Waals surface area contributed by atoms with Gasteiger partial charge in [0.2, 0.25) is 11.8 Å². The van der Waals surface area contributed by atoms with E-state index < -0.39 is 0 Å². The van der Waals surface area contributed by atoms with E-state index in [-0.39, 0.29) is 17.9 Å². The summed E-state index contributed by atoms with van der Waals surface area (Å²) < 4.78 is 0. The van der Waals surface area contributed by atoms with E-state index in [1.165, 1.54) is 0 Å². The number of hydrogen-bond acceptors (Lipinski definition) is 4. The molecule has 1 atom stereocenters. The number of likely N-dealkylation sites (N-methyl/N-ethyl adjacent to an activating group) is 1. The Labute approximate surface area is 123 Å². The van der Waals surface area contributed by atoms with Gasteiger partial charge < -0.3 is 10.2 Å². The lowest BCUT2D eigenvalue weighted by Crippen LogP contribution is -2.46. The molecule has 0 aromatic carbocycles. The van der Waals surface area contributed by atoms with Crippen LogP contribution in [0.25, 0.3) is 0 Å². The van der Waals surface area contributed by atoms with E-state index in [0.717, 1.165) is 24.3 Å². The summed E-state index contributed by atoms with van der Waals surface area (Å²) in [6.07, 6.45) is 1.82. The van der Waals surface area contributed by atoms with Gasteiger partial charge in [-0.2, -0.15) is 0 Å². The largest absolute Gasteiger partial charge is 0.350 e. The predicted molar refractivity (Wildman–Crippen MR) is 79.5 cm³/mol. The second-order valence-corrected chi connectivity index (χ2v) is 6.25. The van der Waals surface area contributed by atoms with Crippen molar-refractivity contribution in [3.05, 3.63) is 22.4 Å². The first kappa shape index (κ1) is 15.0. The van der Waals surface area contributed by atoms with Crippen molar-refractivity contribution in [2.24, 2.45) is 0 Å². The summed E-state index contributed by atoms with van der Waals surface area (Å²) in [7, 11) is 3.52. The molecular weight excluding hydrogens is 274 g/mol. The van der Waals surface area contributed by atoms with E-state index in [4.69, 9.17) is 0 Å². The monoisotopic (exact) mass is 295 g/mol. The van der Waals surface area contributed by atoms with Gasteiger partial charge >= 0.3 is 0 Å². The summed E-state index contributed by atoms with van der Waals surface area (Å²) in [5.74, 6) is 0.0745. The summed E-state index contributed by atoms with van der Waals surface area (Å²) in [5.41, 5.74) is 0. The maximum Gasteiger partial charge on any atom is 0.239 e. The van der Waals surface area contributed by atoms with Gasteiger partial charge in [0.05, 0.1) is 19.1 Å². The molecule has 0 spiro atoms. The molecule has 1 fully saturated rings. The van der Waals surface area contributed by atoms with Crippen molar-refractivity contribution < 1.29 is 9.59 Å². The Morgan fingerprint density at radius 3 is 2.95 bits per heavy atom. The zero-order valence-electron chi connectivity index (χ0n) is 12.0. The molecule has 0 saturated carbocycles. The number of likely N-dealkylation sites (tertiary alicyclic amines) is 1. The second kappa shape index (κ2) is 6.85. The van der Waals surface area contributed by atoms with Gasteiger partial charge in [0.1, 0.15) is 0 Å². The fourth-order valence-electron chi connectivity index (χ4n) is 2.43. The molecule has 1 aliphatic heterocycles. The van der Waals surface area contributed by atoms with Gasteiger partial charge in [-0.25, -0.2) is 0 Å². The van der Waals surface area contributed by atoms with Crippen molar-refractivity contribution in [1.29, 1.82) is 0 Å². The van der Waals surface area contributed by atoms with Crippen LogP contribution < -0.4 is 5.32 Å². The van der Waals surface area contributed by atoms with Crippen LogP contribution in [0.4, 0.5) is 0 Å². The highest BCUT2D eigenvalue weighted by molar-refractivity contribution is 7.09. The first-order valence-corrected chi connectivity index (χ1v) is 7.70. The topological polar surface area (TPSA) is 52.7 Å². The van der Waals surface area contributed by atoms with Crippen molar-refractivity contribution in [2.45, 2.75) is 25.4 Å². The molecular formula is C14H21N3O2S. The average Bonchev–Trinajstić information content (AvgIpc) is 3.06. The summed E-state index contributed by atoms with van der Waals surface area (Å²) in [4.78, 5) is 28.7. The van der Waals surface area contributed by atoms with Crippen LogP contribution in [-0.4, -0.2) is 54.8 Å². The molecule has 1 N–H and O–H groups in total. The van der Waals surface area contributed by atoms with E-state index in [0.29, 0.717) is 13.1 Å². The minimum atomic E-state index is -0.141. The number of hydrogen-bond donors (Lipinski definition) is 1. The molecule has 0 aliphatic carbocycles. The number of rotatable bonds is 5. The summed E-state index contributed by atoms with van der Waals surface area (Å²) >= 11 is 1.63. The van der Waals surface area contributed by atoms with Crippen LogP contribution in [0.1, 0.15) is 17.7 Å². The molecule has 6 heteroatoms.